The highest BCUT2D eigenvalue weighted by Crippen LogP contribution is 2.38. The largest absolute Gasteiger partial charge is 0.478 e. The molecule has 0 heterocycles. The first kappa shape index (κ1) is 16.4. The number of primary sulfonamides is 1. The van der Waals surface area contributed by atoms with E-state index in [-0.39, 0.29) is 5.75 Å². The number of aromatic carboxylic acids is 1. The molecule has 0 saturated carbocycles. The molecule has 0 saturated heterocycles. The summed E-state index contributed by atoms with van der Waals surface area (Å²) in [4.78, 5) is 20.5. The van der Waals surface area contributed by atoms with E-state index in [1.165, 1.54) is 12.1 Å². The van der Waals surface area contributed by atoms with Crippen molar-refractivity contribution in [2.45, 2.75) is 4.90 Å². The molecule has 0 fully saturated rings. The lowest BCUT2D eigenvalue weighted by Crippen LogP contribution is -2.15. The quantitative estimate of drug-likeness (QED) is 0.622. The molecule has 3 N–H and O–H groups in total. The van der Waals surface area contributed by atoms with E-state index in [1.54, 1.807) is 18.2 Å². The van der Waals surface area contributed by atoms with Gasteiger partial charge in [0.25, 0.3) is 0 Å². The van der Waals surface area contributed by atoms with Crippen molar-refractivity contribution in [3.8, 4) is 11.5 Å². The molecule has 0 aromatic heterocycles. The number of carboxylic acid groups (broad SMARTS) is 1. The van der Waals surface area contributed by atoms with Crippen molar-refractivity contribution in [2.24, 2.45) is 5.14 Å². The Balaban J connectivity index is 2.76. The van der Waals surface area contributed by atoms with Crippen LogP contribution in [0.1, 0.15) is 10.4 Å². The van der Waals surface area contributed by atoms with E-state index in [0.29, 0.717) is 12.1 Å². The monoisotopic (exact) mass is 338 g/mol. The van der Waals surface area contributed by atoms with Gasteiger partial charge < -0.3 is 9.84 Å². The van der Waals surface area contributed by atoms with Crippen LogP contribution >= 0.6 is 0 Å². The molecule has 0 amide bonds. The number of hydrogen-bond acceptors (Lipinski definition) is 6. The average molecular weight is 338 g/mol. The fraction of sp³-hybridized carbons (Fsp3) is 0. The molecule has 2 aromatic carbocycles. The number of hydrogen-bond donors (Lipinski definition) is 2. The van der Waals surface area contributed by atoms with Crippen molar-refractivity contribution in [1.29, 1.82) is 0 Å². The van der Waals surface area contributed by atoms with Gasteiger partial charge in [-0.25, -0.2) is 18.4 Å². The third-order valence-corrected chi connectivity index (χ3v) is 3.66. The van der Waals surface area contributed by atoms with Crippen LogP contribution in [0, 0.1) is 10.1 Å². The standard InChI is InChI=1S/C13H10N2O7S/c14-23(20,21)11-7-8(13(16)17)6-10(15(18)19)12(11)22-9-4-2-1-3-5-9/h1-7H,(H,16,17)(H2,14,20,21). The summed E-state index contributed by atoms with van der Waals surface area (Å²) in [6, 6.07) is 9.11. The Morgan fingerprint density at radius 2 is 1.83 bits per heavy atom. The zero-order valence-corrected chi connectivity index (χ0v) is 12.2. The molecule has 0 atom stereocenters. The van der Waals surface area contributed by atoms with E-state index in [2.05, 4.69) is 0 Å². The molecule has 0 aliphatic carbocycles. The molecule has 0 spiro atoms. The number of carboxylic acids is 1. The molecular weight excluding hydrogens is 328 g/mol. The van der Waals surface area contributed by atoms with Crippen molar-refractivity contribution < 1.29 is 28.0 Å². The molecule has 120 valence electrons. The second-order valence-corrected chi connectivity index (χ2v) is 5.87. The predicted octanol–water partition coefficient (Wildman–Crippen LogP) is 1.73. The Labute approximate surface area is 130 Å². The number of sulfonamides is 1. The Morgan fingerprint density at radius 1 is 1.22 bits per heavy atom. The zero-order chi connectivity index (χ0) is 17.2. The number of carbonyl (C=O) groups is 1. The van der Waals surface area contributed by atoms with Gasteiger partial charge in [-0.2, -0.15) is 0 Å². The minimum absolute atomic E-state index is 0.128. The van der Waals surface area contributed by atoms with Gasteiger partial charge in [-0.1, -0.05) is 18.2 Å². The lowest BCUT2D eigenvalue weighted by atomic mass is 10.2. The van der Waals surface area contributed by atoms with Crippen LogP contribution in [0.5, 0.6) is 11.5 Å². The van der Waals surface area contributed by atoms with Crippen LogP contribution in [0.3, 0.4) is 0 Å². The van der Waals surface area contributed by atoms with Crippen molar-refractivity contribution in [2.75, 3.05) is 0 Å². The second kappa shape index (κ2) is 6.02. The number of nitro benzene ring substituents is 1. The molecule has 0 aliphatic heterocycles. The maximum absolute atomic E-state index is 11.7. The van der Waals surface area contributed by atoms with Gasteiger partial charge in [-0.3, -0.25) is 10.1 Å². The normalized spacial score (nSPS) is 11.0. The first-order valence-corrected chi connectivity index (χ1v) is 7.56. The molecule has 0 aliphatic rings. The summed E-state index contributed by atoms with van der Waals surface area (Å²) in [6.45, 7) is 0. The Morgan fingerprint density at radius 3 is 2.30 bits per heavy atom. The van der Waals surface area contributed by atoms with Gasteiger partial charge in [0.2, 0.25) is 15.8 Å². The van der Waals surface area contributed by atoms with Crippen molar-refractivity contribution in [1.82, 2.24) is 0 Å². The van der Waals surface area contributed by atoms with Crippen LogP contribution in [0.15, 0.2) is 47.4 Å². The number of para-hydroxylation sites is 1. The molecule has 2 rings (SSSR count). The van der Waals surface area contributed by atoms with E-state index in [0.717, 1.165) is 0 Å². The highest BCUT2D eigenvalue weighted by Gasteiger charge is 2.29. The highest BCUT2D eigenvalue weighted by molar-refractivity contribution is 7.89. The van der Waals surface area contributed by atoms with Gasteiger partial charge in [0, 0.05) is 6.07 Å². The molecule has 0 bridgehead atoms. The fourth-order valence-corrected chi connectivity index (χ4v) is 2.46. The maximum Gasteiger partial charge on any atom is 0.335 e. The van der Waals surface area contributed by atoms with E-state index >= 15 is 0 Å². The number of nitro groups is 1. The Bertz CT molecular complexity index is 879. The van der Waals surface area contributed by atoms with Crippen LogP contribution < -0.4 is 9.88 Å². The van der Waals surface area contributed by atoms with Crippen LogP contribution in [0.2, 0.25) is 0 Å². The summed E-state index contributed by atoms with van der Waals surface area (Å²) in [5.41, 5.74) is -1.42. The van der Waals surface area contributed by atoms with Crippen LogP contribution in [0.4, 0.5) is 5.69 Å². The SMILES string of the molecule is NS(=O)(=O)c1cc(C(=O)O)cc([N+](=O)[O-])c1Oc1ccccc1. The lowest BCUT2D eigenvalue weighted by Gasteiger charge is -2.11. The Hall–Kier alpha value is -2.98. The first-order chi connectivity index (χ1) is 10.7. The zero-order valence-electron chi connectivity index (χ0n) is 11.4. The number of nitrogens with zero attached hydrogens (tertiary/aromatic N) is 1. The van der Waals surface area contributed by atoms with Gasteiger partial charge in [-0.05, 0) is 18.2 Å². The first-order valence-electron chi connectivity index (χ1n) is 6.01. The molecule has 10 heteroatoms. The van der Waals surface area contributed by atoms with Crippen molar-refractivity contribution in [3.63, 3.8) is 0 Å². The summed E-state index contributed by atoms with van der Waals surface area (Å²) in [5, 5.41) is 25.2. The van der Waals surface area contributed by atoms with Crippen molar-refractivity contribution in [3.05, 3.63) is 58.1 Å². The second-order valence-electron chi connectivity index (χ2n) is 4.35. The van der Waals surface area contributed by atoms with E-state index in [1.807, 2.05) is 0 Å². The summed E-state index contributed by atoms with van der Waals surface area (Å²) in [5.74, 6) is -2.05. The molecule has 23 heavy (non-hydrogen) atoms. The average Bonchev–Trinajstić information content (AvgIpc) is 2.46. The number of rotatable bonds is 5. The van der Waals surface area contributed by atoms with Crippen molar-refractivity contribution >= 4 is 21.7 Å². The van der Waals surface area contributed by atoms with Gasteiger partial charge in [-0.15, -0.1) is 0 Å². The smallest absolute Gasteiger partial charge is 0.335 e. The van der Waals surface area contributed by atoms with Gasteiger partial charge in [0.1, 0.15) is 10.6 Å². The third-order valence-electron chi connectivity index (χ3n) is 2.75. The maximum atomic E-state index is 11.7. The van der Waals surface area contributed by atoms with Gasteiger partial charge in [0.15, 0.2) is 0 Å². The summed E-state index contributed by atoms with van der Waals surface area (Å²) >= 11 is 0. The van der Waals surface area contributed by atoms with E-state index in [4.69, 9.17) is 15.0 Å². The Kier molecular flexibility index (Phi) is 4.29. The number of ether oxygens (including phenoxy) is 1. The lowest BCUT2D eigenvalue weighted by molar-refractivity contribution is -0.385. The third kappa shape index (κ3) is 3.62. The minimum Gasteiger partial charge on any atom is -0.478 e. The summed E-state index contributed by atoms with van der Waals surface area (Å²) < 4.78 is 28.6. The van der Waals surface area contributed by atoms with Crippen LogP contribution in [-0.4, -0.2) is 24.4 Å². The predicted molar refractivity (Wildman–Crippen MR) is 77.9 cm³/mol. The highest BCUT2D eigenvalue weighted by atomic mass is 32.2. The molecule has 2 aromatic rings. The molecular formula is C13H10N2O7S. The van der Waals surface area contributed by atoms with Gasteiger partial charge >= 0.3 is 11.7 Å². The topological polar surface area (TPSA) is 150 Å². The molecule has 0 unspecified atom stereocenters. The summed E-state index contributed by atoms with van der Waals surface area (Å²) in [7, 11) is -4.46. The minimum atomic E-state index is -4.46. The molecule has 0 radical (unpaired) electrons. The van der Waals surface area contributed by atoms with E-state index < -0.39 is 42.8 Å². The fourth-order valence-electron chi connectivity index (χ4n) is 1.77. The van der Waals surface area contributed by atoms with Gasteiger partial charge in [0.05, 0.1) is 10.5 Å². The van der Waals surface area contributed by atoms with Crippen LogP contribution in [-0.2, 0) is 10.0 Å². The molecule has 9 nitrogen and oxygen atoms in total. The summed E-state index contributed by atoms with van der Waals surface area (Å²) in [6.07, 6.45) is 0. The number of benzene rings is 2. The van der Waals surface area contributed by atoms with Crippen LogP contribution in [0.25, 0.3) is 0 Å². The number of nitrogens with two attached hydrogens (primary N) is 1. The van der Waals surface area contributed by atoms with E-state index in [9.17, 15) is 23.3 Å².